The fraction of sp³-hybridized carbons (Fsp3) is 0.500. The second-order valence-electron chi connectivity index (χ2n) is 4.54. The zero-order valence-corrected chi connectivity index (χ0v) is 11.3. The standard InChI is InChI=1S/C12H19NO3S/c1-4-12(2,13)9-16-10-5-7-11(8-6-10)17(3,14)15/h5-8H,4,9,13H2,1-3H3. The van der Waals surface area contributed by atoms with Crippen molar-refractivity contribution in [1.29, 1.82) is 0 Å². The van der Waals surface area contributed by atoms with Gasteiger partial charge in [-0.1, -0.05) is 6.92 Å². The summed E-state index contributed by atoms with van der Waals surface area (Å²) in [5, 5.41) is 0. The van der Waals surface area contributed by atoms with E-state index >= 15 is 0 Å². The van der Waals surface area contributed by atoms with Crippen molar-refractivity contribution in [2.24, 2.45) is 5.73 Å². The molecule has 4 nitrogen and oxygen atoms in total. The third kappa shape index (κ3) is 4.36. The van der Waals surface area contributed by atoms with Crippen molar-refractivity contribution in [2.45, 2.75) is 30.7 Å². The maximum absolute atomic E-state index is 11.2. The van der Waals surface area contributed by atoms with E-state index in [9.17, 15) is 8.42 Å². The highest BCUT2D eigenvalue weighted by molar-refractivity contribution is 7.90. The minimum absolute atomic E-state index is 0.288. The van der Waals surface area contributed by atoms with Crippen molar-refractivity contribution in [2.75, 3.05) is 12.9 Å². The van der Waals surface area contributed by atoms with E-state index in [1.54, 1.807) is 12.1 Å². The highest BCUT2D eigenvalue weighted by Crippen LogP contribution is 2.17. The molecule has 0 aliphatic heterocycles. The smallest absolute Gasteiger partial charge is 0.175 e. The largest absolute Gasteiger partial charge is 0.492 e. The number of hydrogen-bond acceptors (Lipinski definition) is 4. The van der Waals surface area contributed by atoms with Gasteiger partial charge in [-0.25, -0.2) is 8.42 Å². The summed E-state index contributed by atoms with van der Waals surface area (Å²) in [4.78, 5) is 0.288. The molecule has 1 unspecified atom stereocenters. The zero-order chi connectivity index (χ0) is 13.1. The van der Waals surface area contributed by atoms with Gasteiger partial charge in [-0.15, -0.1) is 0 Å². The molecule has 5 heteroatoms. The lowest BCUT2D eigenvalue weighted by molar-refractivity contribution is 0.226. The molecule has 96 valence electrons. The molecule has 17 heavy (non-hydrogen) atoms. The van der Waals surface area contributed by atoms with E-state index in [0.717, 1.165) is 6.42 Å². The molecule has 0 saturated carbocycles. The van der Waals surface area contributed by atoms with E-state index in [2.05, 4.69) is 0 Å². The molecule has 0 fully saturated rings. The van der Waals surface area contributed by atoms with Gasteiger partial charge in [0, 0.05) is 11.8 Å². The lowest BCUT2D eigenvalue weighted by Crippen LogP contribution is -2.41. The maximum atomic E-state index is 11.2. The monoisotopic (exact) mass is 257 g/mol. The minimum Gasteiger partial charge on any atom is -0.492 e. The number of ether oxygens (including phenoxy) is 1. The number of nitrogens with two attached hydrogens (primary N) is 1. The molecule has 0 aliphatic rings. The first-order valence-electron chi connectivity index (χ1n) is 5.46. The number of rotatable bonds is 5. The topological polar surface area (TPSA) is 69.4 Å². The molecular weight excluding hydrogens is 238 g/mol. The highest BCUT2D eigenvalue weighted by atomic mass is 32.2. The first-order chi connectivity index (χ1) is 7.74. The molecule has 0 aromatic heterocycles. The van der Waals surface area contributed by atoms with Gasteiger partial charge in [0.05, 0.1) is 4.90 Å². The van der Waals surface area contributed by atoms with Crippen LogP contribution in [0.15, 0.2) is 29.2 Å². The second-order valence-corrected chi connectivity index (χ2v) is 6.56. The second kappa shape index (κ2) is 5.06. The fourth-order valence-electron chi connectivity index (χ4n) is 1.13. The Labute approximate surface area is 103 Å². The van der Waals surface area contributed by atoms with Crippen LogP contribution in [0.4, 0.5) is 0 Å². The van der Waals surface area contributed by atoms with Crippen molar-refractivity contribution >= 4 is 9.84 Å². The predicted molar refractivity (Wildman–Crippen MR) is 67.9 cm³/mol. The van der Waals surface area contributed by atoms with Crippen molar-refractivity contribution in [3.05, 3.63) is 24.3 Å². The SMILES string of the molecule is CCC(C)(N)COc1ccc(S(C)(=O)=O)cc1. The Morgan fingerprint density at radius 1 is 1.29 bits per heavy atom. The molecule has 0 saturated heterocycles. The van der Waals surface area contributed by atoms with Crippen LogP contribution < -0.4 is 10.5 Å². The summed E-state index contributed by atoms with van der Waals surface area (Å²) in [5.41, 5.74) is 5.58. The average Bonchev–Trinajstić information content (AvgIpc) is 2.26. The molecular formula is C12H19NO3S. The molecule has 1 aromatic carbocycles. The van der Waals surface area contributed by atoms with Gasteiger partial charge in [0.2, 0.25) is 0 Å². The van der Waals surface area contributed by atoms with Crippen LogP contribution >= 0.6 is 0 Å². The van der Waals surface area contributed by atoms with Gasteiger partial charge in [0.15, 0.2) is 9.84 Å². The van der Waals surface area contributed by atoms with Crippen LogP contribution in [0.3, 0.4) is 0 Å². The molecule has 0 spiro atoms. The zero-order valence-electron chi connectivity index (χ0n) is 10.4. The summed E-state index contributed by atoms with van der Waals surface area (Å²) in [6, 6.07) is 6.35. The van der Waals surface area contributed by atoms with Crippen LogP contribution in [0.2, 0.25) is 0 Å². The highest BCUT2D eigenvalue weighted by Gasteiger charge is 2.16. The maximum Gasteiger partial charge on any atom is 0.175 e. The van der Waals surface area contributed by atoms with Crippen molar-refractivity contribution in [3.8, 4) is 5.75 Å². The molecule has 1 aromatic rings. The van der Waals surface area contributed by atoms with Crippen LogP contribution in [0.5, 0.6) is 5.75 Å². The van der Waals surface area contributed by atoms with E-state index in [-0.39, 0.29) is 10.4 Å². The van der Waals surface area contributed by atoms with Crippen LogP contribution in [-0.4, -0.2) is 26.8 Å². The van der Waals surface area contributed by atoms with Gasteiger partial charge < -0.3 is 10.5 Å². The van der Waals surface area contributed by atoms with E-state index in [1.165, 1.54) is 18.4 Å². The third-order valence-electron chi connectivity index (χ3n) is 2.63. The first-order valence-corrected chi connectivity index (χ1v) is 7.35. The predicted octanol–water partition coefficient (Wildman–Crippen LogP) is 1.60. The Bertz CT molecular complexity index is 463. The average molecular weight is 257 g/mol. The Kier molecular flexibility index (Phi) is 4.16. The van der Waals surface area contributed by atoms with Crippen LogP contribution in [0, 0.1) is 0 Å². The molecule has 0 aliphatic carbocycles. The number of hydrogen-bond donors (Lipinski definition) is 1. The van der Waals surface area contributed by atoms with Crippen molar-refractivity contribution in [3.63, 3.8) is 0 Å². The Balaban J connectivity index is 2.70. The minimum atomic E-state index is -3.15. The van der Waals surface area contributed by atoms with Gasteiger partial charge in [-0.2, -0.15) is 0 Å². The first kappa shape index (κ1) is 14.0. The summed E-state index contributed by atoms with van der Waals surface area (Å²) in [7, 11) is -3.15. The molecule has 2 N–H and O–H groups in total. The van der Waals surface area contributed by atoms with E-state index in [4.69, 9.17) is 10.5 Å². The van der Waals surface area contributed by atoms with E-state index in [0.29, 0.717) is 12.4 Å². The Morgan fingerprint density at radius 3 is 2.24 bits per heavy atom. The van der Waals surface area contributed by atoms with E-state index < -0.39 is 9.84 Å². The quantitative estimate of drug-likeness (QED) is 0.869. The fourth-order valence-corrected chi connectivity index (χ4v) is 1.76. The normalized spacial score (nSPS) is 15.3. The van der Waals surface area contributed by atoms with Crippen LogP contribution in [0.25, 0.3) is 0 Å². The van der Waals surface area contributed by atoms with Gasteiger partial charge in [-0.3, -0.25) is 0 Å². The molecule has 0 amide bonds. The van der Waals surface area contributed by atoms with Gasteiger partial charge in [-0.05, 0) is 37.6 Å². The van der Waals surface area contributed by atoms with Crippen LogP contribution in [-0.2, 0) is 9.84 Å². The van der Waals surface area contributed by atoms with Crippen molar-refractivity contribution in [1.82, 2.24) is 0 Å². The molecule has 1 atom stereocenters. The summed E-state index contributed by atoms with van der Waals surface area (Å²) in [6.45, 7) is 4.32. The van der Waals surface area contributed by atoms with Crippen molar-refractivity contribution < 1.29 is 13.2 Å². The van der Waals surface area contributed by atoms with E-state index in [1.807, 2.05) is 13.8 Å². The lowest BCUT2D eigenvalue weighted by atomic mass is 10.0. The molecule has 1 rings (SSSR count). The Hall–Kier alpha value is -1.07. The van der Waals surface area contributed by atoms with Crippen LogP contribution in [0.1, 0.15) is 20.3 Å². The molecule has 0 radical (unpaired) electrons. The van der Waals surface area contributed by atoms with Gasteiger partial charge in [0.1, 0.15) is 12.4 Å². The summed E-state index contributed by atoms with van der Waals surface area (Å²) < 4.78 is 28.0. The summed E-state index contributed by atoms with van der Waals surface area (Å²) in [6.07, 6.45) is 1.99. The summed E-state index contributed by atoms with van der Waals surface area (Å²) >= 11 is 0. The molecule has 0 bridgehead atoms. The third-order valence-corrected chi connectivity index (χ3v) is 3.76. The Morgan fingerprint density at radius 2 is 1.82 bits per heavy atom. The number of benzene rings is 1. The lowest BCUT2D eigenvalue weighted by Gasteiger charge is -2.22. The summed E-state index contributed by atoms with van der Waals surface area (Å²) in [5.74, 6) is 0.627. The van der Waals surface area contributed by atoms with Gasteiger partial charge >= 0.3 is 0 Å². The molecule has 0 heterocycles. The number of sulfone groups is 1. The van der Waals surface area contributed by atoms with Gasteiger partial charge in [0.25, 0.3) is 0 Å².